The third kappa shape index (κ3) is 2.25. The molecule has 2 bridgehead atoms. The van der Waals surface area contributed by atoms with Crippen LogP contribution in [0.25, 0.3) is 0 Å². The Morgan fingerprint density at radius 3 is 2.69 bits per heavy atom. The van der Waals surface area contributed by atoms with E-state index >= 15 is 0 Å². The van der Waals surface area contributed by atoms with Gasteiger partial charge in [-0.3, -0.25) is 4.90 Å². The summed E-state index contributed by atoms with van der Waals surface area (Å²) in [4.78, 5) is 2.57. The van der Waals surface area contributed by atoms with Gasteiger partial charge in [-0.2, -0.15) is 5.26 Å². The lowest BCUT2D eigenvalue weighted by atomic mass is 9.65. The third-order valence-corrected chi connectivity index (χ3v) is 4.25. The molecule has 2 fully saturated rings. The minimum Gasteiger partial charge on any atom is -0.299 e. The van der Waals surface area contributed by atoms with Crippen molar-refractivity contribution in [2.24, 2.45) is 16.7 Å². The highest BCUT2D eigenvalue weighted by molar-refractivity contribution is 5.03. The predicted octanol–water partition coefficient (Wildman–Crippen LogP) is 3.05. The molecule has 0 aromatic rings. The van der Waals surface area contributed by atoms with Crippen LogP contribution in [0.5, 0.6) is 0 Å². The van der Waals surface area contributed by atoms with Crippen LogP contribution in [0.4, 0.5) is 0 Å². The highest BCUT2D eigenvalue weighted by Crippen LogP contribution is 2.52. The molecular formula is C14H24N2. The summed E-state index contributed by atoms with van der Waals surface area (Å²) >= 11 is 0. The highest BCUT2D eigenvalue weighted by atomic mass is 15.2. The fraction of sp³-hybridized carbons (Fsp3) is 0.929. The molecule has 2 rings (SSSR count). The molecule has 3 atom stereocenters. The van der Waals surface area contributed by atoms with E-state index in [-0.39, 0.29) is 5.92 Å². The van der Waals surface area contributed by atoms with E-state index in [9.17, 15) is 0 Å². The molecular weight excluding hydrogens is 196 g/mol. The summed E-state index contributed by atoms with van der Waals surface area (Å²) in [7, 11) is 0. The van der Waals surface area contributed by atoms with Crippen LogP contribution in [-0.4, -0.2) is 24.0 Å². The maximum absolute atomic E-state index is 8.93. The van der Waals surface area contributed by atoms with Crippen molar-refractivity contribution in [2.75, 3.05) is 13.1 Å². The second-order valence-electron chi connectivity index (χ2n) is 7.17. The zero-order chi connectivity index (χ0) is 12.0. The lowest BCUT2D eigenvalue weighted by molar-refractivity contribution is 0.126. The molecule has 2 aliphatic rings. The van der Waals surface area contributed by atoms with E-state index in [0.717, 1.165) is 12.6 Å². The van der Waals surface area contributed by atoms with Crippen LogP contribution < -0.4 is 0 Å². The first-order valence-corrected chi connectivity index (χ1v) is 6.47. The van der Waals surface area contributed by atoms with Gasteiger partial charge in [0.05, 0.1) is 12.0 Å². The van der Waals surface area contributed by atoms with E-state index in [2.05, 4.69) is 31.7 Å². The summed E-state index contributed by atoms with van der Waals surface area (Å²) in [5.74, 6) is 0.172. The summed E-state index contributed by atoms with van der Waals surface area (Å²) in [5.41, 5.74) is 0.990. The summed E-state index contributed by atoms with van der Waals surface area (Å²) in [6, 6.07) is 3.09. The van der Waals surface area contributed by atoms with Gasteiger partial charge in [0.25, 0.3) is 0 Å². The van der Waals surface area contributed by atoms with Crippen molar-refractivity contribution in [1.82, 2.24) is 4.90 Å². The van der Waals surface area contributed by atoms with E-state index < -0.39 is 0 Å². The number of nitrogens with zero attached hydrogens (tertiary/aromatic N) is 2. The fourth-order valence-electron chi connectivity index (χ4n) is 4.18. The summed E-state index contributed by atoms with van der Waals surface area (Å²) in [5, 5.41) is 8.93. The molecule has 1 aliphatic heterocycles. The second-order valence-corrected chi connectivity index (χ2v) is 7.17. The monoisotopic (exact) mass is 220 g/mol. The molecule has 1 saturated carbocycles. The number of fused-ring (bicyclic) bond motifs is 2. The smallest absolute Gasteiger partial charge is 0.0666 e. The zero-order valence-electron chi connectivity index (χ0n) is 11.1. The van der Waals surface area contributed by atoms with Crippen LogP contribution in [0.2, 0.25) is 0 Å². The Hall–Kier alpha value is -0.550. The fourth-order valence-corrected chi connectivity index (χ4v) is 4.18. The molecule has 0 spiro atoms. The Bertz CT molecular complexity index is 315. The Balaban J connectivity index is 2.08. The van der Waals surface area contributed by atoms with Crippen LogP contribution >= 0.6 is 0 Å². The van der Waals surface area contributed by atoms with Crippen LogP contribution in [0, 0.1) is 28.1 Å². The van der Waals surface area contributed by atoms with Gasteiger partial charge in [0.1, 0.15) is 0 Å². The van der Waals surface area contributed by atoms with Gasteiger partial charge in [-0.1, -0.05) is 20.8 Å². The topological polar surface area (TPSA) is 27.0 Å². The molecule has 0 N–H and O–H groups in total. The standard InChI is InChI=1S/C14H24N2/c1-11(7-15)8-16-10-14(4)6-12(16)5-13(2,3)9-14/h11-12H,5-6,8-10H2,1-4H3/t11-,12-,14-/m1/s1. The van der Waals surface area contributed by atoms with Crippen molar-refractivity contribution in [3.8, 4) is 6.07 Å². The average molecular weight is 220 g/mol. The van der Waals surface area contributed by atoms with Crippen molar-refractivity contribution in [3.05, 3.63) is 0 Å². The molecule has 1 heterocycles. The van der Waals surface area contributed by atoms with Gasteiger partial charge < -0.3 is 0 Å². The number of rotatable bonds is 2. The van der Waals surface area contributed by atoms with E-state index in [1.165, 1.54) is 25.8 Å². The van der Waals surface area contributed by atoms with E-state index in [1.54, 1.807) is 0 Å². The first kappa shape index (κ1) is 11.9. The molecule has 0 amide bonds. The van der Waals surface area contributed by atoms with Crippen LogP contribution in [-0.2, 0) is 0 Å². The molecule has 0 unspecified atom stereocenters. The second kappa shape index (κ2) is 3.74. The first-order chi connectivity index (χ1) is 7.34. The van der Waals surface area contributed by atoms with Crippen molar-refractivity contribution in [2.45, 2.75) is 53.0 Å². The molecule has 2 nitrogen and oxygen atoms in total. The van der Waals surface area contributed by atoms with E-state index in [0.29, 0.717) is 10.8 Å². The molecule has 0 aromatic heterocycles. The molecule has 16 heavy (non-hydrogen) atoms. The summed E-state index contributed by atoms with van der Waals surface area (Å²) < 4.78 is 0. The van der Waals surface area contributed by atoms with Crippen molar-refractivity contribution >= 4 is 0 Å². The maximum atomic E-state index is 8.93. The summed E-state index contributed by atoms with van der Waals surface area (Å²) in [6.45, 7) is 11.4. The maximum Gasteiger partial charge on any atom is 0.0666 e. The number of hydrogen-bond acceptors (Lipinski definition) is 2. The minimum absolute atomic E-state index is 0.172. The van der Waals surface area contributed by atoms with Crippen LogP contribution in [0.1, 0.15) is 47.0 Å². The first-order valence-electron chi connectivity index (χ1n) is 6.47. The average Bonchev–Trinajstić information content (AvgIpc) is 2.35. The normalized spacial score (nSPS) is 39.3. The van der Waals surface area contributed by atoms with Crippen molar-refractivity contribution in [3.63, 3.8) is 0 Å². The SMILES string of the molecule is C[C@H](C#N)CN1C[C@]2(C)C[C@H]1CC(C)(C)C2. The summed E-state index contributed by atoms with van der Waals surface area (Å²) in [6.07, 6.45) is 3.99. The Kier molecular flexibility index (Phi) is 2.78. The lowest BCUT2D eigenvalue weighted by Gasteiger charge is -2.40. The van der Waals surface area contributed by atoms with E-state index in [4.69, 9.17) is 5.26 Å². The van der Waals surface area contributed by atoms with Crippen molar-refractivity contribution in [1.29, 1.82) is 5.26 Å². The van der Waals surface area contributed by atoms with Gasteiger partial charge in [0.2, 0.25) is 0 Å². The number of likely N-dealkylation sites (tertiary alicyclic amines) is 1. The molecule has 0 aromatic carbocycles. The lowest BCUT2D eigenvalue weighted by Crippen LogP contribution is -2.36. The highest BCUT2D eigenvalue weighted by Gasteiger charge is 2.49. The Morgan fingerprint density at radius 1 is 1.38 bits per heavy atom. The Morgan fingerprint density at radius 2 is 2.06 bits per heavy atom. The third-order valence-electron chi connectivity index (χ3n) is 4.25. The van der Waals surface area contributed by atoms with Gasteiger partial charge in [-0.05, 0) is 37.0 Å². The minimum atomic E-state index is 0.172. The zero-order valence-corrected chi connectivity index (χ0v) is 11.1. The van der Waals surface area contributed by atoms with Crippen LogP contribution in [0.3, 0.4) is 0 Å². The number of hydrogen-bond donors (Lipinski definition) is 0. The molecule has 0 radical (unpaired) electrons. The quantitative estimate of drug-likeness (QED) is 0.715. The van der Waals surface area contributed by atoms with Gasteiger partial charge >= 0.3 is 0 Å². The predicted molar refractivity (Wildman–Crippen MR) is 65.9 cm³/mol. The number of nitriles is 1. The molecule has 1 aliphatic carbocycles. The Labute approximate surface area is 99.6 Å². The van der Waals surface area contributed by atoms with Gasteiger partial charge in [0.15, 0.2) is 0 Å². The largest absolute Gasteiger partial charge is 0.299 e. The van der Waals surface area contributed by atoms with Crippen LogP contribution in [0.15, 0.2) is 0 Å². The molecule has 1 saturated heterocycles. The molecule has 90 valence electrons. The van der Waals surface area contributed by atoms with Crippen molar-refractivity contribution < 1.29 is 0 Å². The van der Waals surface area contributed by atoms with Gasteiger partial charge in [-0.15, -0.1) is 0 Å². The van der Waals surface area contributed by atoms with Gasteiger partial charge in [-0.25, -0.2) is 0 Å². The van der Waals surface area contributed by atoms with E-state index in [1.807, 2.05) is 6.92 Å². The molecule has 2 heteroatoms. The van der Waals surface area contributed by atoms with Gasteiger partial charge in [0, 0.05) is 19.1 Å².